The SMILES string of the molecule is CCOC(=O)c1c(C)nsc1NC(=O)c1ccc(OC(C)C)cc1. The number of ether oxygens (including phenoxy) is 2. The molecule has 0 radical (unpaired) electrons. The van der Waals surface area contributed by atoms with E-state index in [9.17, 15) is 9.59 Å². The number of hydrogen-bond donors (Lipinski definition) is 1. The highest BCUT2D eigenvalue weighted by molar-refractivity contribution is 7.11. The number of rotatable bonds is 6. The summed E-state index contributed by atoms with van der Waals surface area (Å²) in [5.74, 6) is -0.109. The molecule has 0 aliphatic carbocycles. The van der Waals surface area contributed by atoms with Crippen molar-refractivity contribution >= 4 is 28.4 Å². The second-order valence-corrected chi connectivity index (χ2v) is 6.11. The number of aryl methyl sites for hydroxylation is 1. The maximum Gasteiger partial charge on any atom is 0.343 e. The number of carbonyl (C=O) groups excluding carboxylic acids is 2. The van der Waals surface area contributed by atoms with E-state index >= 15 is 0 Å². The summed E-state index contributed by atoms with van der Waals surface area (Å²) in [6.07, 6.45) is 0.0666. The lowest BCUT2D eigenvalue weighted by Gasteiger charge is -2.10. The van der Waals surface area contributed by atoms with Crippen LogP contribution in [0.2, 0.25) is 0 Å². The fourth-order valence-electron chi connectivity index (χ4n) is 2.03. The van der Waals surface area contributed by atoms with Gasteiger partial charge < -0.3 is 14.8 Å². The number of aromatic nitrogens is 1. The second-order valence-electron chi connectivity index (χ2n) is 5.34. The maximum atomic E-state index is 12.4. The third kappa shape index (κ3) is 4.32. The summed E-state index contributed by atoms with van der Waals surface area (Å²) in [5, 5.41) is 3.11. The Morgan fingerprint density at radius 3 is 2.50 bits per heavy atom. The second kappa shape index (κ2) is 7.92. The van der Waals surface area contributed by atoms with E-state index in [0.717, 1.165) is 11.5 Å². The van der Waals surface area contributed by atoms with Crippen molar-refractivity contribution in [1.82, 2.24) is 4.37 Å². The van der Waals surface area contributed by atoms with E-state index in [-0.39, 0.29) is 18.6 Å². The van der Waals surface area contributed by atoms with E-state index in [1.165, 1.54) is 0 Å². The van der Waals surface area contributed by atoms with Crippen LogP contribution in [0.3, 0.4) is 0 Å². The lowest BCUT2D eigenvalue weighted by molar-refractivity contribution is 0.0527. The summed E-state index contributed by atoms with van der Waals surface area (Å²) in [6, 6.07) is 6.81. The first-order valence-electron chi connectivity index (χ1n) is 7.63. The van der Waals surface area contributed by atoms with Gasteiger partial charge in [0.25, 0.3) is 5.91 Å². The topological polar surface area (TPSA) is 77.5 Å². The average molecular weight is 348 g/mol. The van der Waals surface area contributed by atoms with Crippen LogP contribution in [0.25, 0.3) is 0 Å². The van der Waals surface area contributed by atoms with Gasteiger partial charge in [0.15, 0.2) is 0 Å². The van der Waals surface area contributed by atoms with Crippen LogP contribution in [0.15, 0.2) is 24.3 Å². The Morgan fingerprint density at radius 1 is 1.25 bits per heavy atom. The molecule has 1 aromatic heterocycles. The molecule has 24 heavy (non-hydrogen) atoms. The average Bonchev–Trinajstić information content (AvgIpc) is 2.88. The molecule has 0 unspecified atom stereocenters. The number of esters is 1. The molecule has 6 nitrogen and oxygen atoms in total. The highest BCUT2D eigenvalue weighted by Gasteiger charge is 2.21. The molecule has 0 saturated heterocycles. The van der Waals surface area contributed by atoms with Crippen LogP contribution in [0.1, 0.15) is 47.2 Å². The molecule has 1 aromatic carbocycles. The number of nitrogens with zero attached hydrogens (tertiary/aromatic N) is 1. The normalized spacial score (nSPS) is 10.5. The molecule has 0 saturated carbocycles. The van der Waals surface area contributed by atoms with Crippen molar-refractivity contribution < 1.29 is 19.1 Å². The Morgan fingerprint density at radius 2 is 1.92 bits per heavy atom. The summed E-state index contributed by atoms with van der Waals surface area (Å²) >= 11 is 1.06. The quantitative estimate of drug-likeness (QED) is 0.806. The molecule has 0 atom stereocenters. The van der Waals surface area contributed by atoms with Gasteiger partial charge in [0.05, 0.1) is 18.4 Å². The fraction of sp³-hybridized carbons (Fsp3) is 0.353. The first-order chi connectivity index (χ1) is 11.4. The third-order valence-electron chi connectivity index (χ3n) is 3.06. The van der Waals surface area contributed by atoms with Gasteiger partial charge in [-0.05, 0) is 63.5 Å². The molecule has 2 aromatic rings. The molecule has 0 spiro atoms. The van der Waals surface area contributed by atoms with E-state index in [1.54, 1.807) is 38.1 Å². The summed E-state index contributed by atoms with van der Waals surface area (Å²) < 4.78 is 14.7. The van der Waals surface area contributed by atoms with Gasteiger partial charge in [-0.2, -0.15) is 4.37 Å². The number of hydrogen-bond acceptors (Lipinski definition) is 6. The zero-order valence-corrected chi connectivity index (χ0v) is 14.9. The van der Waals surface area contributed by atoms with E-state index < -0.39 is 5.97 Å². The standard InChI is InChI=1S/C17H20N2O4S/c1-5-22-17(21)14-11(4)19-24-16(14)18-15(20)12-6-8-13(9-7-12)23-10(2)3/h6-10H,5H2,1-4H3,(H,18,20). The van der Waals surface area contributed by atoms with Gasteiger partial charge in [-0.1, -0.05) is 0 Å². The molecule has 128 valence electrons. The number of anilines is 1. The van der Waals surface area contributed by atoms with E-state index in [4.69, 9.17) is 9.47 Å². The molecule has 1 heterocycles. The molecular formula is C17H20N2O4S. The molecule has 1 amide bonds. The number of benzene rings is 1. The lowest BCUT2D eigenvalue weighted by atomic mass is 10.2. The Hall–Kier alpha value is -2.41. The number of nitrogens with one attached hydrogen (secondary N) is 1. The molecule has 1 N–H and O–H groups in total. The minimum absolute atomic E-state index is 0.0666. The first kappa shape index (κ1) is 17.9. The zero-order valence-electron chi connectivity index (χ0n) is 14.1. The lowest BCUT2D eigenvalue weighted by Crippen LogP contribution is -2.15. The van der Waals surface area contributed by atoms with Crippen molar-refractivity contribution in [2.24, 2.45) is 0 Å². The molecule has 0 aliphatic heterocycles. The van der Waals surface area contributed by atoms with Crippen molar-refractivity contribution in [2.75, 3.05) is 11.9 Å². The summed E-state index contributed by atoms with van der Waals surface area (Å²) in [4.78, 5) is 24.4. The van der Waals surface area contributed by atoms with Gasteiger partial charge in [0, 0.05) is 5.56 Å². The minimum atomic E-state index is -0.486. The van der Waals surface area contributed by atoms with Gasteiger partial charge in [-0.3, -0.25) is 4.79 Å². The predicted octanol–water partition coefficient (Wildman–Crippen LogP) is 3.67. The Balaban J connectivity index is 2.14. The highest BCUT2D eigenvalue weighted by atomic mass is 32.1. The number of carbonyl (C=O) groups is 2. The van der Waals surface area contributed by atoms with Crippen molar-refractivity contribution in [2.45, 2.75) is 33.8 Å². The van der Waals surface area contributed by atoms with Crippen molar-refractivity contribution in [3.05, 3.63) is 41.1 Å². The van der Waals surface area contributed by atoms with Crippen LogP contribution >= 0.6 is 11.5 Å². The monoisotopic (exact) mass is 348 g/mol. The molecule has 7 heteroatoms. The van der Waals surface area contributed by atoms with Gasteiger partial charge in [-0.15, -0.1) is 0 Å². The Bertz CT molecular complexity index is 723. The van der Waals surface area contributed by atoms with Crippen molar-refractivity contribution in [3.63, 3.8) is 0 Å². The molecule has 0 aliphatic rings. The van der Waals surface area contributed by atoms with E-state index in [2.05, 4.69) is 9.69 Å². The maximum absolute atomic E-state index is 12.4. The van der Waals surface area contributed by atoms with Gasteiger partial charge >= 0.3 is 5.97 Å². The van der Waals surface area contributed by atoms with Gasteiger partial charge in [-0.25, -0.2) is 4.79 Å². The van der Waals surface area contributed by atoms with Crippen LogP contribution in [-0.2, 0) is 4.74 Å². The minimum Gasteiger partial charge on any atom is -0.491 e. The van der Waals surface area contributed by atoms with Crippen LogP contribution in [-0.4, -0.2) is 29.0 Å². The van der Waals surface area contributed by atoms with Crippen LogP contribution in [0, 0.1) is 6.92 Å². The van der Waals surface area contributed by atoms with Crippen LogP contribution in [0.5, 0.6) is 5.75 Å². The molecular weight excluding hydrogens is 328 g/mol. The van der Waals surface area contributed by atoms with Gasteiger partial charge in [0.2, 0.25) is 0 Å². The Kier molecular flexibility index (Phi) is 5.92. The van der Waals surface area contributed by atoms with Crippen molar-refractivity contribution in [3.8, 4) is 5.75 Å². The molecule has 2 rings (SSSR count). The van der Waals surface area contributed by atoms with Gasteiger partial charge in [0.1, 0.15) is 16.3 Å². The van der Waals surface area contributed by atoms with E-state index in [0.29, 0.717) is 27.6 Å². The van der Waals surface area contributed by atoms with Crippen molar-refractivity contribution in [1.29, 1.82) is 0 Å². The fourth-order valence-corrected chi connectivity index (χ4v) is 2.81. The van der Waals surface area contributed by atoms with Crippen LogP contribution < -0.4 is 10.1 Å². The largest absolute Gasteiger partial charge is 0.491 e. The summed E-state index contributed by atoms with van der Waals surface area (Å²) in [5.41, 5.74) is 1.30. The smallest absolute Gasteiger partial charge is 0.343 e. The summed E-state index contributed by atoms with van der Waals surface area (Å²) in [7, 11) is 0. The molecule has 0 fully saturated rings. The summed E-state index contributed by atoms with van der Waals surface area (Å²) in [6.45, 7) is 7.56. The Labute approximate surface area is 145 Å². The van der Waals surface area contributed by atoms with Crippen LogP contribution in [0.4, 0.5) is 5.00 Å². The first-order valence-corrected chi connectivity index (χ1v) is 8.41. The number of amides is 1. The zero-order chi connectivity index (χ0) is 17.7. The highest BCUT2D eigenvalue weighted by Crippen LogP contribution is 2.26. The van der Waals surface area contributed by atoms with E-state index in [1.807, 2.05) is 13.8 Å². The predicted molar refractivity (Wildman–Crippen MR) is 93.0 cm³/mol. The molecule has 0 bridgehead atoms. The third-order valence-corrected chi connectivity index (χ3v) is 3.91.